The van der Waals surface area contributed by atoms with Crippen LogP contribution in [0, 0.1) is 5.92 Å². The molecule has 3 rings (SSSR count). The van der Waals surface area contributed by atoms with Crippen LogP contribution in [-0.4, -0.2) is 33.8 Å². The highest BCUT2D eigenvalue weighted by molar-refractivity contribution is 5.79. The summed E-state index contributed by atoms with van der Waals surface area (Å²) in [4.78, 5) is 12.3. The molecule has 2 aliphatic heterocycles. The summed E-state index contributed by atoms with van der Waals surface area (Å²) in [6, 6.07) is -0.0632. The molecule has 1 atom stereocenters. The molecule has 1 aromatic heterocycles. The van der Waals surface area contributed by atoms with Crippen LogP contribution in [0.5, 0.6) is 0 Å². The number of aryl methyl sites for hydroxylation is 1. The molecule has 0 spiro atoms. The number of amides is 1. The van der Waals surface area contributed by atoms with Crippen LogP contribution in [0.15, 0.2) is 0 Å². The van der Waals surface area contributed by atoms with Gasteiger partial charge in [0.25, 0.3) is 0 Å². The molecule has 0 bridgehead atoms. The zero-order valence-corrected chi connectivity index (χ0v) is 12.8. The molecule has 6 nitrogen and oxygen atoms in total. The standard InChI is InChI=1S/C15H25N5O/c1-11(17-15(21)12-6-8-16-9-7-12)14-19-18-13-5-3-2-4-10-20(13)14/h11-12,16H,2-10H2,1H3,(H,17,21). The molecular weight excluding hydrogens is 266 g/mol. The molecule has 1 saturated heterocycles. The highest BCUT2D eigenvalue weighted by Gasteiger charge is 2.25. The zero-order valence-electron chi connectivity index (χ0n) is 12.8. The zero-order chi connectivity index (χ0) is 14.7. The Balaban J connectivity index is 1.66. The largest absolute Gasteiger partial charge is 0.346 e. The maximum absolute atomic E-state index is 12.3. The van der Waals surface area contributed by atoms with Gasteiger partial charge in [0.05, 0.1) is 6.04 Å². The molecule has 0 saturated carbocycles. The van der Waals surface area contributed by atoms with Gasteiger partial charge >= 0.3 is 0 Å². The van der Waals surface area contributed by atoms with E-state index < -0.39 is 0 Å². The fraction of sp³-hybridized carbons (Fsp3) is 0.800. The highest BCUT2D eigenvalue weighted by atomic mass is 16.2. The van der Waals surface area contributed by atoms with Crippen molar-refractivity contribution in [3.8, 4) is 0 Å². The van der Waals surface area contributed by atoms with Crippen molar-refractivity contribution in [1.29, 1.82) is 0 Å². The Morgan fingerprint density at radius 1 is 1.29 bits per heavy atom. The lowest BCUT2D eigenvalue weighted by molar-refractivity contribution is -0.126. The number of fused-ring (bicyclic) bond motifs is 1. The molecule has 6 heteroatoms. The van der Waals surface area contributed by atoms with Crippen molar-refractivity contribution in [2.45, 2.75) is 58.0 Å². The number of carbonyl (C=O) groups excluding carboxylic acids is 1. The summed E-state index contributed by atoms with van der Waals surface area (Å²) in [6.45, 7) is 4.87. The van der Waals surface area contributed by atoms with Gasteiger partial charge < -0.3 is 15.2 Å². The fourth-order valence-electron chi connectivity index (χ4n) is 3.31. The van der Waals surface area contributed by atoms with E-state index in [-0.39, 0.29) is 17.9 Å². The van der Waals surface area contributed by atoms with E-state index in [1.807, 2.05) is 6.92 Å². The Morgan fingerprint density at radius 2 is 2.10 bits per heavy atom. The van der Waals surface area contributed by atoms with Crippen LogP contribution in [0.1, 0.15) is 56.7 Å². The Kier molecular flexibility index (Phi) is 4.53. The first-order chi connectivity index (χ1) is 10.3. The second kappa shape index (κ2) is 6.56. The van der Waals surface area contributed by atoms with Crippen LogP contribution in [0.3, 0.4) is 0 Å². The molecule has 0 aromatic carbocycles. The topological polar surface area (TPSA) is 71.8 Å². The second-order valence-electron chi connectivity index (χ2n) is 6.19. The molecule has 1 amide bonds. The summed E-state index contributed by atoms with van der Waals surface area (Å²) in [6.07, 6.45) is 6.47. The summed E-state index contributed by atoms with van der Waals surface area (Å²) in [7, 11) is 0. The molecule has 0 radical (unpaired) electrons. The molecule has 1 unspecified atom stereocenters. The molecule has 116 valence electrons. The van der Waals surface area contributed by atoms with Gasteiger partial charge in [0.1, 0.15) is 5.82 Å². The van der Waals surface area contributed by atoms with Crippen LogP contribution in [0.2, 0.25) is 0 Å². The van der Waals surface area contributed by atoms with E-state index in [4.69, 9.17) is 0 Å². The maximum Gasteiger partial charge on any atom is 0.223 e. The maximum atomic E-state index is 12.3. The predicted molar refractivity (Wildman–Crippen MR) is 79.7 cm³/mol. The first-order valence-corrected chi connectivity index (χ1v) is 8.19. The van der Waals surface area contributed by atoms with E-state index in [0.717, 1.165) is 50.5 Å². The third-order valence-electron chi connectivity index (χ3n) is 4.59. The fourth-order valence-corrected chi connectivity index (χ4v) is 3.31. The minimum atomic E-state index is -0.0632. The van der Waals surface area contributed by atoms with E-state index in [0.29, 0.717) is 0 Å². The smallest absolute Gasteiger partial charge is 0.223 e. The first kappa shape index (κ1) is 14.5. The third kappa shape index (κ3) is 3.26. The predicted octanol–water partition coefficient (Wildman–Crippen LogP) is 1.18. The Hall–Kier alpha value is -1.43. The lowest BCUT2D eigenvalue weighted by atomic mass is 9.97. The molecule has 2 aliphatic rings. The summed E-state index contributed by atoms with van der Waals surface area (Å²) < 4.78 is 2.21. The lowest BCUT2D eigenvalue weighted by Gasteiger charge is -2.24. The molecule has 1 fully saturated rings. The van der Waals surface area contributed by atoms with Crippen LogP contribution in [0.25, 0.3) is 0 Å². The van der Waals surface area contributed by atoms with Gasteiger partial charge in [0, 0.05) is 18.9 Å². The summed E-state index contributed by atoms with van der Waals surface area (Å²) in [5.41, 5.74) is 0. The third-order valence-corrected chi connectivity index (χ3v) is 4.59. The number of aromatic nitrogens is 3. The number of nitrogens with one attached hydrogen (secondary N) is 2. The average Bonchev–Trinajstić information content (AvgIpc) is 2.77. The average molecular weight is 291 g/mol. The minimum absolute atomic E-state index is 0.0632. The van der Waals surface area contributed by atoms with Gasteiger partial charge in [0.15, 0.2) is 5.82 Å². The van der Waals surface area contributed by atoms with Crippen molar-refractivity contribution < 1.29 is 4.79 Å². The Morgan fingerprint density at radius 3 is 2.90 bits per heavy atom. The van der Waals surface area contributed by atoms with E-state index >= 15 is 0 Å². The van der Waals surface area contributed by atoms with E-state index in [2.05, 4.69) is 25.4 Å². The van der Waals surface area contributed by atoms with Gasteiger partial charge in [-0.1, -0.05) is 6.42 Å². The Bertz CT molecular complexity index is 492. The van der Waals surface area contributed by atoms with Crippen molar-refractivity contribution in [3.63, 3.8) is 0 Å². The molecule has 1 aromatic rings. The van der Waals surface area contributed by atoms with Gasteiger partial charge in [-0.05, 0) is 45.7 Å². The van der Waals surface area contributed by atoms with Crippen LogP contribution >= 0.6 is 0 Å². The Labute approximate surface area is 125 Å². The van der Waals surface area contributed by atoms with E-state index in [9.17, 15) is 4.79 Å². The normalized spacial score (nSPS) is 21.4. The van der Waals surface area contributed by atoms with Gasteiger partial charge in [0.2, 0.25) is 5.91 Å². The van der Waals surface area contributed by atoms with Crippen molar-refractivity contribution in [3.05, 3.63) is 11.6 Å². The summed E-state index contributed by atoms with van der Waals surface area (Å²) in [5, 5.41) is 15.1. The molecule has 21 heavy (non-hydrogen) atoms. The monoisotopic (exact) mass is 291 g/mol. The number of carbonyl (C=O) groups is 1. The summed E-state index contributed by atoms with van der Waals surface area (Å²) in [5.74, 6) is 2.29. The van der Waals surface area contributed by atoms with E-state index in [1.54, 1.807) is 0 Å². The van der Waals surface area contributed by atoms with Crippen LogP contribution in [0.4, 0.5) is 0 Å². The minimum Gasteiger partial charge on any atom is -0.346 e. The summed E-state index contributed by atoms with van der Waals surface area (Å²) >= 11 is 0. The van der Waals surface area contributed by atoms with Crippen LogP contribution < -0.4 is 10.6 Å². The van der Waals surface area contributed by atoms with Gasteiger partial charge in [-0.2, -0.15) is 0 Å². The number of piperidine rings is 1. The van der Waals surface area contributed by atoms with Gasteiger partial charge in [-0.15, -0.1) is 10.2 Å². The SMILES string of the molecule is CC(NC(=O)C1CCNCC1)c1nnc2n1CCCCC2. The number of rotatable bonds is 3. The molecular formula is C15H25N5O. The number of nitrogens with zero attached hydrogens (tertiary/aromatic N) is 3. The first-order valence-electron chi connectivity index (χ1n) is 8.19. The highest BCUT2D eigenvalue weighted by Crippen LogP contribution is 2.20. The second-order valence-corrected chi connectivity index (χ2v) is 6.19. The lowest BCUT2D eigenvalue weighted by Crippen LogP contribution is -2.39. The van der Waals surface area contributed by atoms with Gasteiger partial charge in [-0.25, -0.2) is 0 Å². The van der Waals surface area contributed by atoms with Crippen molar-refractivity contribution in [2.24, 2.45) is 5.92 Å². The van der Waals surface area contributed by atoms with Crippen molar-refractivity contribution in [2.75, 3.05) is 13.1 Å². The molecule has 3 heterocycles. The molecule has 0 aliphatic carbocycles. The van der Waals surface area contributed by atoms with Gasteiger partial charge in [-0.3, -0.25) is 4.79 Å². The molecule has 2 N–H and O–H groups in total. The van der Waals surface area contributed by atoms with Crippen molar-refractivity contribution in [1.82, 2.24) is 25.4 Å². The number of hydrogen-bond acceptors (Lipinski definition) is 4. The van der Waals surface area contributed by atoms with E-state index in [1.165, 1.54) is 19.3 Å². The van der Waals surface area contributed by atoms with Crippen molar-refractivity contribution >= 4 is 5.91 Å². The van der Waals surface area contributed by atoms with Crippen LogP contribution in [-0.2, 0) is 17.8 Å². The number of hydrogen-bond donors (Lipinski definition) is 2. The quantitative estimate of drug-likeness (QED) is 0.877.